The van der Waals surface area contributed by atoms with Gasteiger partial charge in [-0.1, -0.05) is 49.3 Å². The molecule has 0 unspecified atom stereocenters. The Balaban J connectivity index is 2.66. The molecule has 0 fully saturated rings. The van der Waals surface area contributed by atoms with E-state index >= 15 is 0 Å². The summed E-state index contributed by atoms with van der Waals surface area (Å²) in [6.45, 7) is 4.53. The number of benzene rings is 1. The summed E-state index contributed by atoms with van der Waals surface area (Å²) >= 11 is 0. The van der Waals surface area contributed by atoms with Gasteiger partial charge in [0.1, 0.15) is 6.61 Å². The van der Waals surface area contributed by atoms with Gasteiger partial charge >= 0.3 is 5.97 Å². The fourth-order valence-corrected chi connectivity index (χ4v) is 1.80. The molecule has 0 aromatic heterocycles. The second-order valence-corrected chi connectivity index (χ2v) is 5.00. The molecule has 122 valence electrons. The van der Waals surface area contributed by atoms with Crippen LogP contribution in [0.5, 0.6) is 0 Å². The molecule has 0 aliphatic rings. The van der Waals surface area contributed by atoms with Crippen LogP contribution in [0.15, 0.2) is 42.5 Å². The maximum atomic E-state index is 12.2. The van der Waals surface area contributed by atoms with Gasteiger partial charge in [-0.2, -0.15) is 0 Å². The predicted octanol–water partition coefficient (Wildman–Crippen LogP) is 2.94. The third kappa shape index (κ3) is 8.47. The minimum Gasteiger partial charge on any atom is -0.462 e. The van der Waals surface area contributed by atoms with Crippen molar-refractivity contribution in [2.75, 3.05) is 13.2 Å². The normalized spacial score (nSPS) is 10.0. The number of amides is 1. The van der Waals surface area contributed by atoms with Gasteiger partial charge in [-0.25, -0.2) is 0 Å². The zero-order chi connectivity index (χ0) is 16.9. The van der Waals surface area contributed by atoms with Crippen molar-refractivity contribution in [2.24, 2.45) is 0 Å². The summed E-state index contributed by atoms with van der Waals surface area (Å²) in [5.41, 5.74) is 1.05. The highest BCUT2D eigenvalue weighted by molar-refractivity contribution is 5.93. The van der Waals surface area contributed by atoms with E-state index in [1.165, 1.54) is 6.92 Å². The van der Waals surface area contributed by atoms with E-state index in [0.29, 0.717) is 19.5 Å². The molecular weight excluding hydrogens is 290 g/mol. The van der Waals surface area contributed by atoms with E-state index in [9.17, 15) is 9.59 Å². The van der Waals surface area contributed by atoms with Crippen molar-refractivity contribution in [2.45, 2.75) is 33.2 Å². The van der Waals surface area contributed by atoms with E-state index in [1.807, 2.05) is 43.3 Å². The van der Waals surface area contributed by atoms with E-state index in [4.69, 9.17) is 4.74 Å². The topological polar surface area (TPSA) is 46.6 Å². The van der Waals surface area contributed by atoms with Crippen LogP contribution in [0.2, 0.25) is 0 Å². The Morgan fingerprint density at radius 3 is 2.61 bits per heavy atom. The highest BCUT2D eigenvalue weighted by Crippen LogP contribution is 2.05. The Morgan fingerprint density at radius 1 is 1.22 bits per heavy atom. The summed E-state index contributed by atoms with van der Waals surface area (Å²) in [5, 5.41) is 0. The van der Waals surface area contributed by atoms with E-state index in [2.05, 4.69) is 11.8 Å². The van der Waals surface area contributed by atoms with Crippen LogP contribution in [0.4, 0.5) is 0 Å². The van der Waals surface area contributed by atoms with Crippen molar-refractivity contribution in [1.29, 1.82) is 0 Å². The molecule has 0 atom stereocenters. The van der Waals surface area contributed by atoms with Gasteiger partial charge in [-0.15, -0.1) is 0 Å². The number of nitrogens with zero attached hydrogens (tertiary/aromatic N) is 1. The summed E-state index contributed by atoms with van der Waals surface area (Å²) in [6.07, 6.45) is 5.19. The minimum atomic E-state index is -0.322. The van der Waals surface area contributed by atoms with E-state index < -0.39 is 0 Å². The largest absolute Gasteiger partial charge is 0.462 e. The van der Waals surface area contributed by atoms with Gasteiger partial charge in [-0.05, 0) is 24.0 Å². The number of ether oxygens (including phenoxy) is 1. The molecule has 4 heteroatoms. The fraction of sp³-hybridized carbons (Fsp3) is 0.368. The summed E-state index contributed by atoms with van der Waals surface area (Å²) in [5.74, 6) is 5.05. The monoisotopic (exact) mass is 313 g/mol. The van der Waals surface area contributed by atoms with Crippen LogP contribution in [-0.4, -0.2) is 29.9 Å². The molecule has 0 heterocycles. The third-order valence-corrected chi connectivity index (χ3v) is 2.95. The van der Waals surface area contributed by atoms with Crippen molar-refractivity contribution < 1.29 is 14.3 Å². The first kappa shape index (κ1) is 18.5. The molecule has 1 aromatic rings. The van der Waals surface area contributed by atoms with Crippen LogP contribution in [-0.2, 0) is 20.9 Å². The lowest BCUT2D eigenvalue weighted by Crippen LogP contribution is -2.29. The van der Waals surface area contributed by atoms with Gasteiger partial charge in [0.2, 0.25) is 0 Å². The zero-order valence-corrected chi connectivity index (χ0v) is 13.7. The Bertz CT molecular complexity index is 582. The number of unbranched alkanes of at least 4 members (excludes halogenated alkanes) is 1. The molecular formula is C19H23NO3. The molecule has 0 bridgehead atoms. The zero-order valence-electron chi connectivity index (χ0n) is 13.7. The van der Waals surface area contributed by atoms with Gasteiger partial charge < -0.3 is 9.64 Å². The van der Waals surface area contributed by atoms with Crippen LogP contribution in [0, 0.1) is 11.8 Å². The molecule has 0 radical (unpaired) electrons. The van der Waals surface area contributed by atoms with Crippen molar-refractivity contribution >= 4 is 11.9 Å². The summed E-state index contributed by atoms with van der Waals surface area (Å²) < 4.78 is 4.82. The first-order valence-corrected chi connectivity index (χ1v) is 7.73. The SMILES string of the molecule is CCCC#CC(=O)N(C/C=C/COC(C)=O)Cc1ccccc1. The van der Waals surface area contributed by atoms with Crippen LogP contribution in [0.25, 0.3) is 0 Å². The number of hydrogen-bond acceptors (Lipinski definition) is 3. The first-order chi connectivity index (χ1) is 11.1. The maximum Gasteiger partial charge on any atom is 0.302 e. The molecule has 0 saturated heterocycles. The van der Waals surface area contributed by atoms with Crippen LogP contribution in [0.3, 0.4) is 0 Å². The molecule has 0 saturated carbocycles. The van der Waals surface area contributed by atoms with E-state index in [1.54, 1.807) is 11.0 Å². The van der Waals surface area contributed by atoms with Crippen molar-refractivity contribution in [1.82, 2.24) is 4.90 Å². The maximum absolute atomic E-state index is 12.2. The van der Waals surface area contributed by atoms with Crippen LogP contribution < -0.4 is 0 Å². The molecule has 0 spiro atoms. The van der Waals surface area contributed by atoms with Crippen LogP contribution in [0.1, 0.15) is 32.3 Å². The van der Waals surface area contributed by atoms with E-state index in [-0.39, 0.29) is 18.5 Å². The van der Waals surface area contributed by atoms with Gasteiger partial charge in [0.15, 0.2) is 0 Å². The quantitative estimate of drug-likeness (QED) is 0.442. The fourth-order valence-electron chi connectivity index (χ4n) is 1.80. The number of esters is 1. The number of hydrogen-bond donors (Lipinski definition) is 0. The number of rotatable bonds is 7. The predicted molar refractivity (Wildman–Crippen MR) is 90.3 cm³/mol. The lowest BCUT2D eigenvalue weighted by molar-refractivity contribution is -0.139. The van der Waals surface area contributed by atoms with Gasteiger partial charge in [0.25, 0.3) is 5.91 Å². The van der Waals surface area contributed by atoms with Crippen molar-refractivity contribution in [3.63, 3.8) is 0 Å². The van der Waals surface area contributed by atoms with Crippen molar-refractivity contribution in [3.8, 4) is 11.8 Å². The summed E-state index contributed by atoms with van der Waals surface area (Å²) in [4.78, 5) is 24.6. The smallest absolute Gasteiger partial charge is 0.302 e. The van der Waals surface area contributed by atoms with Gasteiger partial charge in [0, 0.05) is 26.4 Å². The molecule has 0 aliphatic heterocycles. The summed E-state index contributed by atoms with van der Waals surface area (Å²) in [6, 6.07) is 9.77. The molecule has 0 N–H and O–H groups in total. The molecule has 1 rings (SSSR count). The van der Waals surface area contributed by atoms with Gasteiger partial charge in [-0.3, -0.25) is 9.59 Å². The third-order valence-electron chi connectivity index (χ3n) is 2.95. The highest BCUT2D eigenvalue weighted by atomic mass is 16.5. The molecule has 1 amide bonds. The number of carbonyl (C=O) groups excluding carboxylic acids is 2. The molecule has 23 heavy (non-hydrogen) atoms. The second kappa shape index (κ2) is 11.1. The Morgan fingerprint density at radius 2 is 1.96 bits per heavy atom. The standard InChI is InChI=1S/C19H23NO3/c1-3-4-6-13-19(22)20(14-9-10-15-23-17(2)21)16-18-11-7-5-8-12-18/h5,7-12H,3-4,14-16H2,1-2H3/b10-9+. The lowest BCUT2D eigenvalue weighted by Gasteiger charge is -2.18. The van der Waals surface area contributed by atoms with E-state index in [0.717, 1.165) is 12.0 Å². The molecule has 1 aromatic carbocycles. The second-order valence-electron chi connectivity index (χ2n) is 5.00. The lowest BCUT2D eigenvalue weighted by atomic mass is 10.2. The Hall–Kier alpha value is -2.54. The first-order valence-electron chi connectivity index (χ1n) is 7.73. The number of carbonyl (C=O) groups is 2. The molecule has 0 aliphatic carbocycles. The average Bonchev–Trinajstić information content (AvgIpc) is 2.54. The van der Waals surface area contributed by atoms with Crippen molar-refractivity contribution in [3.05, 3.63) is 48.0 Å². The highest BCUT2D eigenvalue weighted by Gasteiger charge is 2.10. The van der Waals surface area contributed by atoms with Crippen LogP contribution >= 0.6 is 0 Å². The average molecular weight is 313 g/mol. The Labute approximate surface area is 138 Å². The Kier molecular flexibility index (Phi) is 8.92. The minimum absolute atomic E-state index is 0.195. The summed E-state index contributed by atoms with van der Waals surface area (Å²) in [7, 11) is 0. The van der Waals surface area contributed by atoms with Gasteiger partial charge in [0.05, 0.1) is 0 Å². The molecule has 4 nitrogen and oxygen atoms in total.